The number of nitrogens with zero attached hydrogens (tertiary/aromatic N) is 3. The third-order valence-electron chi connectivity index (χ3n) is 5.53. The molecule has 2 heterocycles. The Morgan fingerprint density at radius 3 is 2.06 bits per heavy atom. The van der Waals surface area contributed by atoms with Gasteiger partial charge in [0.1, 0.15) is 4.70 Å². The van der Waals surface area contributed by atoms with Gasteiger partial charge in [0.25, 0.3) is 5.56 Å². The Hall–Kier alpha value is -2.75. The van der Waals surface area contributed by atoms with Crippen LogP contribution in [0.2, 0.25) is 0 Å². The van der Waals surface area contributed by atoms with E-state index in [0.717, 1.165) is 33.6 Å². The first-order chi connectivity index (χ1) is 16.2. The van der Waals surface area contributed by atoms with E-state index in [1.165, 1.54) is 23.1 Å². The van der Waals surface area contributed by atoms with Gasteiger partial charge in [-0.15, -0.1) is 0 Å². The zero-order chi connectivity index (χ0) is 24.6. The van der Waals surface area contributed by atoms with Gasteiger partial charge in [-0.1, -0.05) is 59.5 Å². The minimum absolute atomic E-state index is 0.0466. The van der Waals surface area contributed by atoms with E-state index >= 15 is 0 Å². The smallest absolute Gasteiger partial charge is 0.316 e. The molecule has 0 aliphatic carbocycles. The third kappa shape index (κ3) is 4.35. The van der Waals surface area contributed by atoms with Crippen LogP contribution in [0.15, 0.2) is 46.3 Å². The van der Waals surface area contributed by atoms with Crippen molar-refractivity contribution in [1.82, 2.24) is 14.1 Å². The number of esters is 1. The molecule has 0 amide bonds. The number of thioether (sulfide) groups is 1. The number of ether oxygens (including phenoxy) is 1. The molecule has 4 rings (SSSR count). The molecule has 0 fully saturated rings. The van der Waals surface area contributed by atoms with Crippen LogP contribution >= 0.6 is 35.3 Å². The van der Waals surface area contributed by atoms with Crippen LogP contribution < -0.4 is 5.56 Å². The minimum Gasteiger partial charge on any atom is -0.465 e. The molecule has 2 aromatic heterocycles. The summed E-state index contributed by atoms with van der Waals surface area (Å²) in [6, 6.07) is 11.9. The van der Waals surface area contributed by atoms with Gasteiger partial charge in [0, 0.05) is 0 Å². The third-order valence-corrected chi connectivity index (χ3v) is 7.79. The minimum atomic E-state index is -0.355. The maximum absolute atomic E-state index is 13.9. The Morgan fingerprint density at radius 1 is 1.00 bits per heavy atom. The Kier molecular flexibility index (Phi) is 7.06. The topological polar surface area (TPSA) is 66.1 Å². The normalized spacial score (nSPS) is 11.2. The predicted octanol–water partition coefficient (Wildman–Crippen LogP) is 5.86. The maximum atomic E-state index is 13.9. The molecule has 0 unspecified atom stereocenters. The summed E-state index contributed by atoms with van der Waals surface area (Å²) < 4.78 is 9.63. The van der Waals surface area contributed by atoms with E-state index in [2.05, 4.69) is 0 Å². The molecule has 9 heteroatoms. The number of aryl methyl sites for hydroxylation is 4. The number of hydrogen-bond donors (Lipinski definition) is 0. The van der Waals surface area contributed by atoms with E-state index in [1.807, 2.05) is 68.7 Å². The second kappa shape index (κ2) is 9.85. The molecule has 176 valence electrons. The molecule has 0 atom stereocenters. The first kappa shape index (κ1) is 24.4. The SMILES string of the molecule is CCOC(=O)CSc1nc2c(sc(=S)n2-c2c(C)cccc2C)c(=O)n1-c1c(C)cccc1C. The monoisotopic (exact) mass is 511 g/mol. The highest BCUT2D eigenvalue weighted by atomic mass is 32.2. The van der Waals surface area contributed by atoms with Gasteiger partial charge < -0.3 is 4.74 Å². The molecule has 0 aliphatic rings. The fraction of sp³-hybridized carbons (Fsp3) is 0.280. The first-order valence-electron chi connectivity index (χ1n) is 10.8. The summed E-state index contributed by atoms with van der Waals surface area (Å²) in [6.07, 6.45) is 0. The van der Waals surface area contributed by atoms with Crippen molar-refractivity contribution >= 4 is 51.6 Å². The van der Waals surface area contributed by atoms with Crippen molar-refractivity contribution < 1.29 is 9.53 Å². The molecule has 0 saturated heterocycles. The molecule has 6 nitrogen and oxygen atoms in total. The number of rotatable bonds is 6. The van der Waals surface area contributed by atoms with E-state index in [4.69, 9.17) is 21.9 Å². The number of carbonyl (C=O) groups is 1. The van der Waals surface area contributed by atoms with E-state index in [1.54, 1.807) is 11.5 Å². The molecule has 0 saturated carbocycles. The molecule has 0 spiro atoms. The average Bonchev–Trinajstić information content (AvgIpc) is 3.10. The van der Waals surface area contributed by atoms with Crippen LogP contribution in [0.25, 0.3) is 21.7 Å². The number of aromatic nitrogens is 3. The number of carbonyl (C=O) groups excluding carboxylic acids is 1. The summed E-state index contributed by atoms with van der Waals surface area (Å²) >= 11 is 8.17. The first-order valence-corrected chi connectivity index (χ1v) is 13.1. The number of benzene rings is 2. The predicted molar refractivity (Wildman–Crippen MR) is 142 cm³/mol. The van der Waals surface area contributed by atoms with Crippen molar-refractivity contribution in [2.45, 2.75) is 39.8 Å². The lowest BCUT2D eigenvalue weighted by atomic mass is 10.1. The largest absolute Gasteiger partial charge is 0.465 e. The molecule has 0 aliphatic heterocycles. The van der Waals surface area contributed by atoms with Crippen molar-refractivity contribution in [3.63, 3.8) is 0 Å². The lowest BCUT2D eigenvalue weighted by Gasteiger charge is -2.17. The van der Waals surface area contributed by atoms with Crippen molar-refractivity contribution in [1.29, 1.82) is 0 Å². The van der Waals surface area contributed by atoms with Crippen LogP contribution in [-0.2, 0) is 9.53 Å². The Balaban J connectivity index is 2.05. The zero-order valence-electron chi connectivity index (χ0n) is 19.7. The van der Waals surface area contributed by atoms with E-state index in [-0.39, 0.29) is 17.3 Å². The summed E-state index contributed by atoms with van der Waals surface area (Å²) in [4.78, 5) is 31.0. The van der Waals surface area contributed by atoms with Crippen LogP contribution in [0.3, 0.4) is 0 Å². The summed E-state index contributed by atoms with van der Waals surface area (Å²) in [7, 11) is 0. The molecule has 0 N–H and O–H groups in total. The van der Waals surface area contributed by atoms with E-state index < -0.39 is 0 Å². The number of hydrogen-bond acceptors (Lipinski definition) is 7. The molecular weight excluding hydrogens is 486 g/mol. The van der Waals surface area contributed by atoms with Crippen LogP contribution in [0.5, 0.6) is 0 Å². The summed E-state index contributed by atoms with van der Waals surface area (Å²) in [6.45, 7) is 10.0. The second-order valence-electron chi connectivity index (χ2n) is 7.97. The highest BCUT2D eigenvalue weighted by molar-refractivity contribution is 7.99. The Morgan fingerprint density at radius 2 is 1.53 bits per heavy atom. The molecule has 34 heavy (non-hydrogen) atoms. The maximum Gasteiger partial charge on any atom is 0.316 e. The van der Waals surface area contributed by atoms with Gasteiger partial charge in [-0.3, -0.25) is 18.7 Å². The molecule has 0 bridgehead atoms. The van der Waals surface area contributed by atoms with Gasteiger partial charge in [0.05, 0.1) is 23.7 Å². The van der Waals surface area contributed by atoms with Crippen LogP contribution in [-0.4, -0.2) is 32.4 Å². The number of thiazole rings is 1. The molecule has 4 aromatic rings. The summed E-state index contributed by atoms with van der Waals surface area (Å²) in [5, 5.41) is 0.427. The Bertz CT molecular complexity index is 1490. The molecule has 0 radical (unpaired) electrons. The highest BCUT2D eigenvalue weighted by Gasteiger charge is 2.22. The number of para-hydroxylation sites is 2. The summed E-state index contributed by atoms with van der Waals surface area (Å²) in [5.41, 5.74) is 5.97. The molecule has 2 aromatic carbocycles. The quantitative estimate of drug-likeness (QED) is 0.140. The van der Waals surface area contributed by atoms with Gasteiger partial charge in [0.2, 0.25) is 0 Å². The van der Waals surface area contributed by atoms with Crippen molar-refractivity contribution in [2.75, 3.05) is 12.4 Å². The van der Waals surface area contributed by atoms with Crippen molar-refractivity contribution in [3.05, 3.63) is 73.0 Å². The lowest BCUT2D eigenvalue weighted by Crippen LogP contribution is -2.23. The standard InChI is InChI=1S/C25H25N3O3S3/c1-6-31-18(29)13-33-24-26-22-21(23(30)28(24)20-16(4)11-8-12-17(20)5)34-25(32)27(22)19-14(2)9-7-10-15(19)3/h7-12H,6,13H2,1-5H3. The zero-order valence-corrected chi connectivity index (χ0v) is 22.1. The Labute approximate surface area is 211 Å². The van der Waals surface area contributed by atoms with Gasteiger partial charge in [-0.25, -0.2) is 4.98 Å². The second-order valence-corrected chi connectivity index (χ2v) is 10.6. The van der Waals surface area contributed by atoms with Gasteiger partial charge in [-0.2, -0.15) is 0 Å². The van der Waals surface area contributed by atoms with Crippen LogP contribution in [0, 0.1) is 31.6 Å². The lowest BCUT2D eigenvalue weighted by molar-refractivity contribution is -0.139. The average molecular weight is 512 g/mol. The van der Waals surface area contributed by atoms with Crippen LogP contribution in [0.4, 0.5) is 0 Å². The van der Waals surface area contributed by atoms with Crippen molar-refractivity contribution in [2.24, 2.45) is 0 Å². The fourth-order valence-corrected chi connectivity index (χ4v) is 6.13. The molecular formula is C25H25N3O3S3. The van der Waals surface area contributed by atoms with Gasteiger partial charge >= 0.3 is 5.97 Å². The van der Waals surface area contributed by atoms with E-state index in [0.29, 0.717) is 26.1 Å². The van der Waals surface area contributed by atoms with Crippen molar-refractivity contribution in [3.8, 4) is 11.4 Å². The summed E-state index contributed by atoms with van der Waals surface area (Å²) in [5.74, 6) is -0.308. The van der Waals surface area contributed by atoms with Gasteiger partial charge in [0.15, 0.2) is 14.8 Å². The van der Waals surface area contributed by atoms with Crippen LogP contribution in [0.1, 0.15) is 29.2 Å². The van der Waals surface area contributed by atoms with Gasteiger partial charge in [-0.05, 0) is 69.1 Å². The number of fused-ring (bicyclic) bond motifs is 1. The highest BCUT2D eigenvalue weighted by Crippen LogP contribution is 2.31. The van der Waals surface area contributed by atoms with E-state index in [9.17, 15) is 9.59 Å². The fourth-order valence-electron chi connectivity index (χ4n) is 4.07.